The van der Waals surface area contributed by atoms with E-state index in [4.69, 9.17) is 9.47 Å². The van der Waals surface area contributed by atoms with Gasteiger partial charge in [-0.3, -0.25) is 14.4 Å². The van der Waals surface area contributed by atoms with Crippen LogP contribution in [0.5, 0.6) is 0 Å². The largest absolute Gasteiger partial charge is 0.469 e. The van der Waals surface area contributed by atoms with Crippen LogP contribution < -0.4 is 0 Å². The molecule has 0 aromatic carbocycles. The van der Waals surface area contributed by atoms with Crippen LogP contribution in [0.25, 0.3) is 0 Å². The highest BCUT2D eigenvalue weighted by Gasteiger charge is 2.78. The van der Waals surface area contributed by atoms with Crippen molar-refractivity contribution in [1.82, 2.24) is 0 Å². The van der Waals surface area contributed by atoms with Crippen LogP contribution >= 0.6 is 0 Å². The lowest BCUT2D eigenvalue weighted by Gasteiger charge is -2.74. The topological polar surface area (TPSA) is 89.9 Å². The maximum atomic E-state index is 14.6. The van der Waals surface area contributed by atoms with Crippen LogP contribution in [0.1, 0.15) is 120 Å². The first-order valence-corrected chi connectivity index (χ1v) is 15.4. The van der Waals surface area contributed by atoms with E-state index in [0.717, 1.165) is 44.9 Å². The Labute approximate surface area is 235 Å². The van der Waals surface area contributed by atoms with Crippen molar-refractivity contribution in [1.29, 1.82) is 0 Å². The number of carbonyl (C=O) groups is 3. The fraction of sp³-hybridized carbons (Fsp3) is 0.909. The Morgan fingerprint density at radius 2 is 1.51 bits per heavy atom. The van der Waals surface area contributed by atoms with Gasteiger partial charge in [-0.1, -0.05) is 48.5 Å². The molecule has 39 heavy (non-hydrogen) atoms. The first-order valence-electron chi connectivity index (χ1n) is 15.4. The molecule has 0 aromatic heterocycles. The summed E-state index contributed by atoms with van der Waals surface area (Å²) in [7, 11) is 1.46. The van der Waals surface area contributed by atoms with Crippen molar-refractivity contribution in [2.75, 3.05) is 7.11 Å². The van der Waals surface area contributed by atoms with E-state index in [1.165, 1.54) is 14.0 Å². The third-order valence-corrected chi connectivity index (χ3v) is 13.9. The van der Waals surface area contributed by atoms with Crippen molar-refractivity contribution in [2.45, 2.75) is 131 Å². The van der Waals surface area contributed by atoms with Crippen LogP contribution in [0.4, 0.5) is 0 Å². The van der Waals surface area contributed by atoms with Crippen molar-refractivity contribution < 1.29 is 29.0 Å². The van der Waals surface area contributed by atoms with Crippen LogP contribution in [-0.2, 0) is 23.9 Å². The predicted octanol–water partition coefficient (Wildman–Crippen LogP) is 6.27. The Hall–Kier alpha value is -1.43. The molecular weight excluding hydrogens is 492 g/mol. The zero-order valence-corrected chi connectivity index (χ0v) is 25.9. The minimum Gasteiger partial charge on any atom is -0.469 e. The van der Waals surface area contributed by atoms with E-state index < -0.39 is 21.8 Å². The molecule has 5 aliphatic carbocycles. The van der Waals surface area contributed by atoms with Crippen molar-refractivity contribution in [3.63, 3.8) is 0 Å². The zero-order valence-electron chi connectivity index (χ0n) is 25.9. The van der Waals surface area contributed by atoms with Gasteiger partial charge < -0.3 is 14.6 Å². The van der Waals surface area contributed by atoms with Gasteiger partial charge in [0, 0.05) is 36.0 Å². The van der Waals surface area contributed by atoms with Crippen LogP contribution in [0, 0.1) is 50.2 Å². The summed E-state index contributed by atoms with van der Waals surface area (Å²) in [6, 6.07) is 0. The monoisotopic (exact) mass is 544 g/mol. The molecule has 0 aromatic rings. The van der Waals surface area contributed by atoms with E-state index in [0.29, 0.717) is 12.8 Å². The molecule has 0 amide bonds. The summed E-state index contributed by atoms with van der Waals surface area (Å²) in [6.07, 6.45) is 7.09. The molecule has 5 rings (SSSR count). The van der Waals surface area contributed by atoms with E-state index in [2.05, 4.69) is 48.5 Å². The number of methoxy groups -OCH3 is 1. The molecule has 1 N–H and O–H groups in total. The third-order valence-electron chi connectivity index (χ3n) is 13.9. The molecule has 5 aliphatic rings. The highest BCUT2D eigenvalue weighted by atomic mass is 16.5. The van der Waals surface area contributed by atoms with E-state index in [1.54, 1.807) is 0 Å². The van der Waals surface area contributed by atoms with Gasteiger partial charge in [-0.25, -0.2) is 0 Å². The summed E-state index contributed by atoms with van der Waals surface area (Å²) in [6.45, 7) is 17.2. The number of carbonyl (C=O) groups excluding carboxylic acids is 3. The SMILES string of the molecule is COC(=O)[C@]12CCC(C)(C)CC1C1(O)CC(=O)C3[C@@]4(C)CC[C@H](OC(C)=O)C(C)(C)C4CC[C@@]3(C)[C@]1(C)CC2. The van der Waals surface area contributed by atoms with E-state index in [9.17, 15) is 19.5 Å². The lowest BCUT2D eigenvalue weighted by molar-refractivity contribution is -0.299. The average Bonchev–Trinajstić information content (AvgIpc) is 2.82. The summed E-state index contributed by atoms with van der Waals surface area (Å²) < 4.78 is 11.2. The van der Waals surface area contributed by atoms with Gasteiger partial charge in [0.15, 0.2) is 0 Å². The summed E-state index contributed by atoms with van der Waals surface area (Å²) in [5.74, 6) is -0.520. The molecule has 0 spiro atoms. The van der Waals surface area contributed by atoms with Gasteiger partial charge >= 0.3 is 11.9 Å². The summed E-state index contributed by atoms with van der Waals surface area (Å²) in [5, 5.41) is 13.0. The number of aliphatic hydroxyl groups is 1. The number of Topliss-reactive ketones (excluding diaryl/α,β-unsaturated/α-hetero) is 1. The fourth-order valence-corrected chi connectivity index (χ4v) is 11.8. The summed E-state index contributed by atoms with van der Waals surface area (Å²) in [5.41, 5.74) is -3.37. The van der Waals surface area contributed by atoms with Gasteiger partial charge in [0.2, 0.25) is 0 Å². The van der Waals surface area contributed by atoms with Gasteiger partial charge in [-0.2, -0.15) is 0 Å². The minimum absolute atomic E-state index is 0.0142. The van der Waals surface area contributed by atoms with Crippen molar-refractivity contribution >= 4 is 17.7 Å². The summed E-state index contributed by atoms with van der Waals surface area (Å²) >= 11 is 0. The normalized spacial score (nSPS) is 49.9. The second-order valence-corrected chi connectivity index (χ2v) is 16.4. The smallest absolute Gasteiger partial charge is 0.312 e. The second kappa shape index (κ2) is 8.55. The Kier molecular flexibility index (Phi) is 6.37. The van der Waals surface area contributed by atoms with Crippen LogP contribution in [0.15, 0.2) is 0 Å². The second-order valence-electron chi connectivity index (χ2n) is 16.4. The number of rotatable bonds is 2. The highest BCUT2D eigenvalue weighted by Crippen LogP contribution is 2.77. The van der Waals surface area contributed by atoms with Crippen LogP contribution in [0.3, 0.4) is 0 Å². The molecule has 9 atom stereocenters. The molecule has 220 valence electrons. The molecule has 0 heterocycles. The molecule has 0 aliphatic heterocycles. The molecule has 6 heteroatoms. The Morgan fingerprint density at radius 3 is 2.13 bits per heavy atom. The van der Waals surface area contributed by atoms with Crippen LogP contribution in [0.2, 0.25) is 0 Å². The maximum absolute atomic E-state index is 14.6. The van der Waals surface area contributed by atoms with Gasteiger partial charge in [-0.05, 0) is 80.0 Å². The van der Waals surface area contributed by atoms with E-state index in [1.807, 2.05) is 0 Å². The number of esters is 2. The molecule has 5 fully saturated rings. The van der Waals surface area contributed by atoms with Crippen molar-refractivity contribution in [3.05, 3.63) is 0 Å². The number of hydrogen-bond acceptors (Lipinski definition) is 6. The first-order chi connectivity index (χ1) is 17.8. The number of fused-ring (bicyclic) bond motifs is 7. The van der Waals surface area contributed by atoms with Crippen LogP contribution in [-0.4, -0.2) is 41.6 Å². The predicted molar refractivity (Wildman–Crippen MR) is 148 cm³/mol. The van der Waals surface area contributed by atoms with Crippen molar-refractivity contribution in [3.8, 4) is 0 Å². The molecule has 4 unspecified atom stereocenters. The fourth-order valence-electron chi connectivity index (χ4n) is 11.8. The molecule has 0 saturated heterocycles. The highest BCUT2D eigenvalue weighted by molar-refractivity contribution is 5.86. The quantitative estimate of drug-likeness (QED) is 0.412. The zero-order chi connectivity index (χ0) is 29.0. The van der Waals surface area contributed by atoms with Gasteiger partial charge in [0.25, 0.3) is 0 Å². The maximum Gasteiger partial charge on any atom is 0.312 e. The Balaban J connectivity index is 1.60. The van der Waals surface area contributed by atoms with Gasteiger partial charge in [-0.15, -0.1) is 0 Å². The number of ketones is 1. The lowest BCUT2D eigenvalue weighted by atomic mass is 9.30. The summed E-state index contributed by atoms with van der Waals surface area (Å²) in [4.78, 5) is 40.0. The Morgan fingerprint density at radius 1 is 0.872 bits per heavy atom. The first kappa shape index (κ1) is 29.1. The Bertz CT molecular complexity index is 1080. The average molecular weight is 545 g/mol. The minimum atomic E-state index is -1.26. The lowest BCUT2D eigenvalue weighted by Crippen LogP contribution is -2.76. The van der Waals surface area contributed by atoms with Crippen molar-refractivity contribution in [2.24, 2.45) is 50.2 Å². The number of ether oxygens (including phenoxy) is 2. The molecule has 0 radical (unpaired) electrons. The van der Waals surface area contributed by atoms with E-state index in [-0.39, 0.29) is 64.2 Å². The van der Waals surface area contributed by atoms with Gasteiger partial charge in [0.05, 0.1) is 18.1 Å². The molecule has 0 bridgehead atoms. The van der Waals surface area contributed by atoms with E-state index >= 15 is 0 Å². The van der Waals surface area contributed by atoms with Gasteiger partial charge in [0.1, 0.15) is 11.9 Å². The molecule has 5 saturated carbocycles. The molecule has 6 nitrogen and oxygen atoms in total. The third kappa shape index (κ3) is 3.57. The number of hydrogen-bond donors (Lipinski definition) is 1. The standard InChI is InChI=1S/C33H52O6/c1-20(34)39-24-11-12-29(6)22(28(24,4)5)10-13-30(7)25(29)21(35)18-33(37)23-19-27(2,3)14-16-32(23,26(36)38-9)17-15-31(30,33)8/h22-25,37H,10-19H2,1-9H3/t22?,23?,24-,25?,29-,30+,31-,32-,33?/m0/s1. The molecular formula is C33H52O6.